The van der Waals surface area contributed by atoms with Crippen LogP contribution in [0.15, 0.2) is 30.3 Å². The molecule has 0 radical (unpaired) electrons. The van der Waals surface area contributed by atoms with Crippen molar-refractivity contribution < 1.29 is 14.6 Å². The Morgan fingerprint density at radius 3 is 2.58 bits per heavy atom. The second kappa shape index (κ2) is 5.28. The van der Waals surface area contributed by atoms with Crippen molar-refractivity contribution in [3.63, 3.8) is 0 Å². The lowest BCUT2D eigenvalue weighted by Crippen LogP contribution is -2.02. The number of hydrogen-bond donors (Lipinski definition) is 1. The van der Waals surface area contributed by atoms with E-state index in [1.165, 1.54) is 12.1 Å². The zero-order chi connectivity index (χ0) is 14.0. The summed E-state index contributed by atoms with van der Waals surface area (Å²) in [5.41, 5.74) is 1.58. The fourth-order valence-electron chi connectivity index (χ4n) is 1.62. The first kappa shape index (κ1) is 13.4. The average molecular weight is 278 g/mol. The Kier molecular flexibility index (Phi) is 3.71. The number of benzene rings is 1. The first-order chi connectivity index (χ1) is 8.97. The molecule has 0 saturated carbocycles. The molecule has 0 aliphatic rings. The van der Waals surface area contributed by atoms with Crippen LogP contribution in [-0.2, 0) is 0 Å². The van der Waals surface area contributed by atoms with Crippen molar-refractivity contribution in [1.29, 1.82) is 0 Å². The van der Waals surface area contributed by atoms with Gasteiger partial charge >= 0.3 is 5.97 Å². The zero-order valence-corrected chi connectivity index (χ0v) is 11.2. The third kappa shape index (κ3) is 3.03. The Morgan fingerprint density at radius 2 is 2.00 bits per heavy atom. The fraction of sp³-hybridized carbons (Fsp3) is 0.143. The molecular weight excluding hydrogens is 266 g/mol. The first-order valence-corrected chi connectivity index (χ1v) is 6.00. The molecule has 2 aromatic rings. The lowest BCUT2D eigenvalue weighted by Gasteiger charge is -2.08. The van der Waals surface area contributed by atoms with Gasteiger partial charge in [0, 0.05) is 6.07 Å². The molecule has 0 aliphatic carbocycles. The minimum Gasteiger partial charge on any atom is -0.478 e. The Balaban J connectivity index is 2.29. The molecule has 2 rings (SSSR count). The van der Waals surface area contributed by atoms with Gasteiger partial charge in [0.05, 0.1) is 16.3 Å². The molecule has 4 nitrogen and oxygen atoms in total. The van der Waals surface area contributed by atoms with Gasteiger partial charge in [-0.25, -0.2) is 9.78 Å². The summed E-state index contributed by atoms with van der Waals surface area (Å²) >= 11 is 6.05. The first-order valence-electron chi connectivity index (χ1n) is 5.62. The van der Waals surface area contributed by atoms with E-state index in [2.05, 4.69) is 4.98 Å². The Hall–Kier alpha value is -2.07. The molecule has 0 amide bonds. The van der Waals surface area contributed by atoms with Crippen molar-refractivity contribution in [2.75, 3.05) is 0 Å². The van der Waals surface area contributed by atoms with Crippen LogP contribution in [0.4, 0.5) is 0 Å². The minimum absolute atomic E-state index is 0.155. The minimum atomic E-state index is -1.01. The predicted octanol–water partition coefficient (Wildman–Crippen LogP) is 3.84. The summed E-state index contributed by atoms with van der Waals surface area (Å²) in [7, 11) is 0. The van der Waals surface area contributed by atoms with Crippen molar-refractivity contribution >= 4 is 17.6 Å². The van der Waals surface area contributed by atoms with Crippen LogP contribution in [0, 0.1) is 13.8 Å². The largest absolute Gasteiger partial charge is 0.478 e. The van der Waals surface area contributed by atoms with Gasteiger partial charge in [-0.15, -0.1) is 0 Å². The molecule has 19 heavy (non-hydrogen) atoms. The van der Waals surface area contributed by atoms with Gasteiger partial charge in [-0.1, -0.05) is 17.7 Å². The van der Waals surface area contributed by atoms with E-state index < -0.39 is 5.97 Å². The molecule has 1 aromatic heterocycles. The van der Waals surface area contributed by atoms with Crippen molar-refractivity contribution in [3.05, 3.63) is 52.2 Å². The van der Waals surface area contributed by atoms with Gasteiger partial charge in [0.2, 0.25) is 5.88 Å². The number of ether oxygens (including phenoxy) is 1. The van der Waals surface area contributed by atoms with Gasteiger partial charge < -0.3 is 9.84 Å². The molecule has 0 spiro atoms. The van der Waals surface area contributed by atoms with E-state index in [0.717, 1.165) is 5.56 Å². The van der Waals surface area contributed by atoms with Gasteiger partial charge in [0.15, 0.2) is 0 Å². The van der Waals surface area contributed by atoms with E-state index in [0.29, 0.717) is 22.3 Å². The number of rotatable bonds is 3. The van der Waals surface area contributed by atoms with Gasteiger partial charge in [-0.05, 0) is 37.6 Å². The van der Waals surface area contributed by atoms with Crippen LogP contribution >= 0.6 is 11.6 Å². The third-order valence-corrected chi connectivity index (χ3v) is 2.89. The molecule has 0 unspecified atom stereocenters. The number of aromatic nitrogens is 1. The summed E-state index contributed by atoms with van der Waals surface area (Å²) < 4.78 is 5.54. The highest BCUT2D eigenvalue weighted by molar-refractivity contribution is 6.32. The van der Waals surface area contributed by atoms with E-state index in [1.807, 2.05) is 13.0 Å². The van der Waals surface area contributed by atoms with E-state index in [4.69, 9.17) is 21.4 Å². The number of aryl methyl sites for hydroxylation is 2. The second-order valence-electron chi connectivity index (χ2n) is 4.12. The fourth-order valence-corrected chi connectivity index (χ4v) is 1.90. The van der Waals surface area contributed by atoms with Crippen LogP contribution < -0.4 is 4.74 Å². The van der Waals surface area contributed by atoms with E-state index in [-0.39, 0.29) is 5.56 Å². The summed E-state index contributed by atoms with van der Waals surface area (Å²) in [6.45, 7) is 3.55. The number of nitrogens with zero attached hydrogens (tertiary/aromatic N) is 1. The molecule has 5 heteroatoms. The number of halogens is 1. The number of carbonyl (C=O) groups is 1. The zero-order valence-electron chi connectivity index (χ0n) is 10.5. The van der Waals surface area contributed by atoms with Crippen molar-refractivity contribution in [1.82, 2.24) is 4.98 Å². The Morgan fingerprint density at radius 1 is 1.26 bits per heavy atom. The maximum absolute atomic E-state index is 10.9. The lowest BCUT2D eigenvalue weighted by molar-refractivity contribution is 0.0695. The van der Waals surface area contributed by atoms with Crippen LogP contribution in [0.3, 0.4) is 0 Å². The lowest BCUT2D eigenvalue weighted by atomic mass is 10.2. The second-order valence-corrected chi connectivity index (χ2v) is 4.53. The SMILES string of the molecule is Cc1ccc(Oc2ccc(C(=O)O)c(C)n2)c(Cl)c1. The number of aromatic carboxylic acids is 1. The average Bonchev–Trinajstić information content (AvgIpc) is 2.32. The third-order valence-electron chi connectivity index (χ3n) is 2.59. The summed E-state index contributed by atoms with van der Waals surface area (Å²) in [5.74, 6) is -0.208. The van der Waals surface area contributed by atoms with Crippen LogP contribution in [0.25, 0.3) is 0 Å². The highest BCUT2D eigenvalue weighted by Gasteiger charge is 2.10. The molecule has 0 atom stereocenters. The van der Waals surface area contributed by atoms with E-state index in [9.17, 15) is 4.79 Å². The summed E-state index contributed by atoms with van der Waals surface area (Å²) in [6.07, 6.45) is 0. The molecule has 1 N–H and O–H groups in total. The number of hydrogen-bond acceptors (Lipinski definition) is 3. The van der Waals surface area contributed by atoms with Crippen LogP contribution in [0.2, 0.25) is 5.02 Å². The quantitative estimate of drug-likeness (QED) is 0.926. The number of carboxylic acid groups (broad SMARTS) is 1. The number of carboxylic acids is 1. The highest BCUT2D eigenvalue weighted by atomic mass is 35.5. The standard InChI is InChI=1S/C14H12ClNO3/c1-8-3-5-12(11(15)7-8)19-13-6-4-10(14(17)18)9(2)16-13/h3-7H,1-2H3,(H,17,18). The van der Waals surface area contributed by atoms with Crippen LogP contribution in [0.1, 0.15) is 21.6 Å². The molecular formula is C14H12ClNO3. The summed E-state index contributed by atoms with van der Waals surface area (Å²) in [5, 5.41) is 9.41. The van der Waals surface area contributed by atoms with Crippen LogP contribution in [-0.4, -0.2) is 16.1 Å². The monoisotopic (exact) mass is 277 g/mol. The van der Waals surface area contributed by atoms with Crippen molar-refractivity contribution in [2.24, 2.45) is 0 Å². The Bertz CT molecular complexity index is 641. The van der Waals surface area contributed by atoms with Gasteiger partial charge in [0.25, 0.3) is 0 Å². The van der Waals surface area contributed by atoms with E-state index >= 15 is 0 Å². The van der Waals surface area contributed by atoms with E-state index in [1.54, 1.807) is 19.1 Å². The summed E-state index contributed by atoms with van der Waals surface area (Å²) in [4.78, 5) is 15.0. The molecule has 98 valence electrons. The molecule has 0 aliphatic heterocycles. The Labute approximate surface area is 115 Å². The summed E-state index contributed by atoms with van der Waals surface area (Å²) in [6, 6.07) is 8.38. The predicted molar refractivity (Wildman–Crippen MR) is 72.2 cm³/mol. The normalized spacial score (nSPS) is 10.3. The van der Waals surface area contributed by atoms with Crippen molar-refractivity contribution in [2.45, 2.75) is 13.8 Å². The molecule has 0 fully saturated rings. The van der Waals surface area contributed by atoms with Gasteiger partial charge in [0.1, 0.15) is 5.75 Å². The smallest absolute Gasteiger partial charge is 0.337 e. The van der Waals surface area contributed by atoms with Crippen molar-refractivity contribution in [3.8, 4) is 11.6 Å². The molecule has 0 saturated heterocycles. The van der Waals surface area contributed by atoms with Gasteiger partial charge in [-0.2, -0.15) is 0 Å². The highest BCUT2D eigenvalue weighted by Crippen LogP contribution is 2.29. The topological polar surface area (TPSA) is 59.4 Å². The maximum atomic E-state index is 10.9. The van der Waals surface area contributed by atoms with Crippen LogP contribution in [0.5, 0.6) is 11.6 Å². The maximum Gasteiger partial charge on any atom is 0.337 e. The molecule has 1 heterocycles. The molecule has 1 aromatic carbocycles. The molecule has 0 bridgehead atoms. The van der Waals surface area contributed by atoms with Gasteiger partial charge in [-0.3, -0.25) is 0 Å². The number of pyridine rings is 1.